The van der Waals surface area contributed by atoms with Crippen molar-refractivity contribution in [3.05, 3.63) is 29.3 Å². The van der Waals surface area contributed by atoms with Crippen LogP contribution in [-0.4, -0.2) is 12.1 Å². The summed E-state index contributed by atoms with van der Waals surface area (Å²) in [6.07, 6.45) is 1.63. The summed E-state index contributed by atoms with van der Waals surface area (Å²) in [5.74, 6) is 0.849. The molecule has 1 aliphatic heterocycles. The van der Waals surface area contributed by atoms with Crippen molar-refractivity contribution in [2.75, 3.05) is 0 Å². The Hall–Kier alpha value is -0.955. The average Bonchev–Trinajstić information content (AvgIpc) is 2.43. The minimum atomic E-state index is -0.632. The molecule has 1 heterocycles. The maximum absolute atomic E-state index is 9.19. The van der Waals surface area contributed by atoms with Crippen LogP contribution in [0.2, 0.25) is 0 Å². The van der Waals surface area contributed by atoms with Crippen molar-refractivity contribution in [1.29, 1.82) is 0 Å². The van der Waals surface area contributed by atoms with Gasteiger partial charge in [0.2, 0.25) is 0 Å². The molecule has 2 rings (SSSR count). The number of rotatable bonds is 1. The van der Waals surface area contributed by atoms with Crippen molar-refractivity contribution < 1.29 is 9.68 Å². The number of benzene rings is 1. The van der Waals surface area contributed by atoms with Gasteiger partial charge in [-0.2, -0.15) is 0 Å². The quantitative estimate of drug-likeness (QED) is 0.628. The largest absolute Gasteiger partial charge is 0.536 e. The van der Waals surface area contributed by atoms with Crippen molar-refractivity contribution in [3.8, 4) is 5.75 Å². The van der Waals surface area contributed by atoms with Gasteiger partial charge in [0.15, 0.2) is 0 Å². The van der Waals surface area contributed by atoms with Crippen molar-refractivity contribution in [2.24, 2.45) is 0 Å². The molecule has 1 aromatic rings. The van der Waals surface area contributed by atoms with Gasteiger partial charge in [-0.05, 0) is 23.6 Å². The summed E-state index contributed by atoms with van der Waals surface area (Å²) in [5, 5.41) is 9.19. The summed E-state index contributed by atoms with van der Waals surface area (Å²) in [5.41, 5.74) is 2.36. The Morgan fingerprint density at radius 2 is 2.42 bits per heavy atom. The Morgan fingerprint density at radius 1 is 1.58 bits per heavy atom. The topological polar surface area (TPSA) is 29.5 Å². The highest BCUT2D eigenvalue weighted by atomic mass is 16.5. The molecular weight excluding hydrogens is 151 g/mol. The molecule has 1 aromatic carbocycles. The van der Waals surface area contributed by atoms with Gasteiger partial charge in [-0.15, -0.1) is 0 Å². The van der Waals surface area contributed by atoms with Crippen LogP contribution in [0.1, 0.15) is 18.1 Å². The zero-order valence-corrected chi connectivity index (χ0v) is 7.08. The lowest BCUT2D eigenvalue weighted by atomic mass is 9.85. The summed E-state index contributed by atoms with van der Waals surface area (Å²) in [6, 6.07) is 6.12. The molecule has 0 unspecified atom stereocenters. The second kappa shape index (κ2) is 2.83. The van der Waals surface area contributed by atoms with Gasteiger partial charge in [-0.3, -0.25) is 0 Å². The van der Waals surface area contributed by atoms with Gasteiger partial charge in [0.25, 0.3) is 0 Å². The van der Waals surface area contributed by atoms with Crippen LogP contribution in [0.15, 0.2) is 18.2 Å². The Bertz CT molecular complexity index is 299. The van der Waals surface area contributed by atoms with Gasteiger partial charge in [0.1, 0.15) is 5.75 Å². The first-order chi connectivity index (χ1) is 5.79. The standard InChI is InChI=1S/C9H11BO2/c1-2-7-3-4-8-6-10(11)12-9(8)5-7/h3-5,11H,2,6H2,1H3. The van der Waals surface area contributed by atoms with E-state index >= 15 is 0 Å². The van der Waals surface area contributed by atoms with Gasteiger partial charge in [0, 0.05) is 6.32 Å². The molecule has 62 valence electrons. The lowest BCUT2D eigenvalue weighted by molar-refractivity contribution is 0.431. The molecule has 0 bridgehead atoms. The Kier molecular flexibility index (Phi) is 1.81. The van der Waals surface area contributed by atoms with E-state index in [9.17, 15) is 5.02 Å². The lowest BCUT2D eigenvalue weighted by Crippen LogP contribution is -2.17. The molecule has 1 N–H and O–H groups in total. The van der Waals surface area contributed by atoms with Gasteiger partial charge in [-0.25, -0.2) is 0 Å². The highest BCUT2D eigenvalue weighted by Crippen LogP contribution is 2.27. The predicted octanol–water partition coefficient (Wildman–Crippen LogP) is 1.20. The zero-order valence-electron chi connectivity index (χ0n) is 7.08. The van der Waals surface area contributed by atoms with E-state index in [4.69, 9.17) is 4.65 Å². The van der Waals surface area contributed by atoms with Crippen molar-refractivity contribution in [1.82, 2.24) is 0 Å². The van der Waals surface area contributed by atoms with Crippen LogP contribution < -0.4 is 4.65 Å². The second-order valence-electron chi connectivity index (χ2n) is 3.07. The first kappa shape index (κ1) is 7.68. The van der Waals surface area contributed by atoms with E-state index in [2.05, 4.69) is 13.0 Å². The molecule has 3 heteroatoms. The number of hydrogen-bond donors (Lipinski definition) is 1. The number of aryl methyl sites for hydroxylation is 1. The van der Waals surface area contributed by atoms with E-state index in [-0.39, 0.29) is 0 Å². The highest BCUT2D eigenvalue weighted by Gasteiger charge is 2.26. The summed E-state index contributed by atoms with van der Waals surface area (Å²) in [6.45, 7) is 2.10. The van der Waals surface area contributed by atoms with Crippen LogP contribution in [0.4, 0.5) is 0 Å². The third-order valence-corrected chi connectivity index (χ3v) is 2.20. The maximum atomic E-state index is 9.19. The smallest absolute Gasteiger partial charge is 0.527 e. The third kappa shape index (κ3) is 1.20. The molecule has 0 radical (unpaired) electrons. The molecule has 1 aliphatic rings. The average molecular weight is 162 g/mol. The SMILES string of the molecule is CCc1ccc2c(c1)OB(O)C2. The molecule has 0 amide bonds. The maximum Gasteiger partial charge on any atom is 0.527 e. The first-order valence-electron chi connectivity index (χ1n) is 4.26. The molecule has 0 saturated heterocycles. The fraction of sp³-hybridized carbons (Fsp3) is 0.333. The number of hydrogen-bond acceptors (Lipinski definition) is 2. The molecule has 2 nitrogen and oxygen atoms in total. The normalized spacial score (nSPS) is 14.3. The zero-order chi connectivity index (χ0) is 8.55. The second-order valence-corrected chi connectivity index (χ2v) is 3.07. The minimum absolute atomic E-state index is 0.624. The van der Waals surface area contributed by atoms with Gasteiger partial charge in [-0.1, -0.05) is 19.1 Å². The van der Waals surface area contributed by atoms with Crippen LogP contribution in [0.25, 0.3) is 0 Å². The van der Waals surface area contributed by atoms with Crippen molar-refractivity contribution >= 4 is 7.12 Å². The van der Waals surface area contributed by atoms with Crippen LogP contribution in [0.3, 0.4) is 0 Å². The van der Waals surface area contributed by atoms with Crippen molar-refractivity contribution in [3.63, 3.8) is 0 Å². The van der Waals surface area contributed by atoms with Gasteiger partial charge < -0.3 is 9.68 Å². The summed E-state index contributed by atoms with van der Waals surface area (Å²) in [7, 11) is -0.632. The van der Waals surface area contributed by atoms with Crippen LogP contribution in [-0.2, 0) is 12.7 Å². The Labute approximate surface area is 72.3 Å². The van der Waals surface area contributed by atoms with E-state index in [1.165, 1.54) is 5.56 Å². The highest BCUT2D eigenvalue weighted by molar-refractivity contribution is 6.44. The van der Waals surface area contributed by atoms with E-state index in [0.29, 0.717) is 6.32 Å². The monoisotopic (exact) mass is 162 g/mol. The van der Waals surface area contributed by atoms with E-state index in [0.717, 1.165) is 17.7 Å². The van der Waals surface area contributed by atoms with Gasteiger partial charge >= 0.3 is 7.12 Å². The fourth-order valence-corrected chi connectivity index (χ4v) is 1.47. The molecule has 0 fully saturated rings. The predicted molar refractivity (Wildman–Crippen MR) is 48.1 cm³/mol. The molecule has 0 aromatic heterocycles. The summed E-state index contributed by atoms with van der Waals surface area (Å²) in [4.78, 5) is 0. The molecule has 12 heavy (non-hydrogen) atoms. The molecule has 0 aliphatic carbocycles. The van der Waals surface area contributed by atoms with Crippen LogP contribution in [0.5, 0.6) is 5.75 Å². The van der Waals surface area contributed by atoms with Crippen LogP contribution >= 0.6 is 0 Å². The summed E-state index contributed by atoms with van der Waals surface area (Å²) >= 11 is 0. The minimum Gasteiger partial charge on any atom is -0.536 e. The van der Waals surface area contributed by atoms with Gasteiger partial charge in [0.05, 0.1) is 0 Å². The Balaban J connectivity index is 2.35. The van der Waals surface area contributed by atoms with Crippen LogP contribution in [0, 0.1) is 0 Å². The fourth-order valence-electron chi connectivity index (χ4n) is 1.47. The molecular formula is C9H11BO2. The molecule has 0 atom stereocenters. The molecule has 0 saturated carbocycles. The Morgan fingerprint density at radius 3 is 3.17 bits per heavy atom. The van der Waals surface area contributed by atoms with E-state index in [1.54, 1.807) is 0 Å². The van der Waals surface area contributed by atoms with E-state index in [1.807, 2.05) is 12.1 Å². The van der Waals surface area contributed by atoms with E-state index < -0.39 is 7.12 Å². The number of fused-ring (bicyclic) bond motifs is 1. The first-order valence-corrected chi connectivity index (χ1v) is 4.26. The lowest BCUT2D eigenvalue weighted by Gasteiger charge is -2.02. The summed E-state index contributed by atoms with van der Waals surface area (Å²) < 4.78 is 5.20. The molecule has 0 spiro atoms. The third-order valence-electron chi connectivity index (χ3n) is 2.20. The van der Waals surface area contributed by atoms with Crippen molar-refractivity contribution in [2.45, 2.75) is 19.7 Å².